The van der Waals surface area contributed by atoms with Crippen molar-refractivity contribution in [1.82, 2.24) is 14.9 Å². The van der Waals surface area contributed by atoms with Crippen LogP contribution in [0.1, 0.15) is 16.1 Å². The number of fused-ring (bicyclic) bond motifs is 1. The van der Waals surface area contributed by atoms with E-state index in [1.54, 1.807) is 11.3 Å². The lowest BCUT2D eigenvalue weighted by atomic mass is 10.1. The van der Waals surface area contributed by atoms with Gasteiger partial charge in [-0.05, 0) is 17.9 Å². The maximum absolute atomic E-state index is 12.4. The van der Waals surface area contributed by atoms with Gasteiger partial charge in [-0.25, -0.2) is 4.98 Å². The Morgan fingerprint density at radius 2 is 2.17 bits per heavy atom. The van der Waals surface area contributed by atoms with E-state index in [0.717, 1.165) is 50.4 Å². The van der Waals surface area contributed by atoms with Gasteiger partial charge in [0.1, 0.15) is 0 Å². The molecular weight excluding hydrogens is 312 g/mol. The van der Waals surface area contributed by atoms with Crippen LogP contribution in [0.25, 0.3) is 0 Å². The normalized spacial score (nSPS) is 18.9. The molecule has 0 radical (unpaired) electrons. The van der Waals surface area contributed by atoms with Crippen LogP contribution in [0.15, 0.2) is 22.3 Å². The highest BCUT2D eigenvalue weighted by atomic mass is 32.1. The van der Waals surface area contributed by atoms with Crippen LogP contribution in [0.5, 0.6) is 0 Å². The molecule has 7 heteroatoms. The van der Waals surface area contributed by atoms with Crippen LogP contribution in [0.2, 0.25) is 0 Å². The molecule has 0 spiro atoms. The Morgan fingerprint density at radius 3 is 2.96 bits per heavy atom. The number of hydrogen-bond acceptors (Lipinski definition) is 6. The van der Waals surface area contributed by atoms with Gasteiger partial charge in [0.2, 0.25) is 5.95 Å². The summed E-state index contributed by atoms with van der Waals surface area (Å²) in [6, 6.07) is 4.24. The summed E-state index contributed by atoms with van der Waals surface area (Å²) < 4.78 is 5.37. The van der Waals surface area contributed by atoms with E-state index < -0.39 is 0 Å². The molecule has 122 valence electrons. The van der Waals surface area contributed by atoms with Gasteiger partial charge in [0.25, 0.3) is 5.56 Å². The molecule has 0 aromatic carbocycles. The number of thiophene rings is 1. The first kappa shape index (κ1) is 14.9. The Morgan fingerprint density at radius 1 is 1.30 bits per heavy atom. The minimum atomic E-state index is 0.0206. The van der Waals surface area contributed by atoms with Gasteiger partial charge in [-0.15, -0.1) is 11.3 Å². The number of H-pyrrole nitrogens is 1. The smallest absolute Gasteiger partial charge is 0.255 e. The molecule has 2 aliphatic heterocycles. The fraction of sp³-hybridized carbons (Fsp3) is 0.500. The van der Waals surface area contributed by atoms with E-state index in [4.69, 9.17) is 9.72 Å². The summed E-state index contributed by atoms with van der Waals surface area (Å²) in [6.45, 7) is 5.51. The fourth-order valence-electron chi connectivity index (χ4n) is 3.16. The second kappa shape index (κ2) is 6.43. The summed E-state index contributed by atoms with van der Waals surface area (Å²) in [5, 5.41) is 2.10. The zero-order valence-electron chi connectivity index (χ0n) is 13.0. The summed E-state index contributed by atoms with van der Waals surface area (Å²) in [7, 11) is 0. The van der Waals surface area contributed by atoms with E-state index in [2.05, 4.69) is 32.3 Å². The molecule has 2 aliphatic rings. The fourth-order valence-corrected chi connectivity index (χ4v) is 3.91. The lowest BCUT2D eigenvalue weighted by Gasteiger charge is -2.30. The van der Waals surface area contributed by atoms with Gasteiger partial charge in [-0.1, -0.05) is 6.07 Å². The molecule has 0 atom stereocenters. The number of ether oxygens (including phenoxy) is 1. The molecule has 23 heavy (non-hydrogen) atoms. The van der Waals surface area contributed by atoms with Gasteiger partial charge in [-0.2, -0.15) is 0 Å². The molecule has 0 unspecified atom stereocenters. The summed E-state index contributed by atoms with van der Waals surface area (Å²) in [5.41, 5.74) is 1.80. The number of anilines is 1. The highest BCUT2D eigenvalue weighted by Gasteiger charge is 2.23. The molecule has 2 aromatic rings. The molecule has 1 N–H and O–H groups in total. The molecule has 1 saturated heterocycles. The predicted molar refractivity (Wildman–Crippen MR) is 90.0 cm³/mol. The topological polar surface area (TPSA) is 61.5 Å². The van der Waals surface area contributed by atoms with Gasteiger partial charge in [0.15, 0.2) is 0 Å². The zero-order chi connectivity index (χ0) is 15.6. The highest BCUT2D eigenvalue weighted by Crippen LogP contribution is 2.20. The van der Waals surface area contributed by atoms with Crippen molar-refractivity contribution in [3.63, 3.8) is 0 Å². The molecule has 0 amide bonds. The molecule has 2 aromatic heterocycles. The number of nitrogens with one attached hydrogen (secondary N) is 1. The van der Waals surface area contributed by atoms with Gasteiger partial charge in [0.05, 0.1) is 18.9 Å². The Balaban J connectivity index is 1.56. The quantitative estimate of drug-likeness (QED) is 0.916. The van der Waals surface area contributed by atoms with Crippen LogP contribution in [0.3, 0.4) is 0 Å². The van der Waals surface area contributed by atoms with E-state index in [0.29, 0.717) is 19.2 Å². The minimum absolute atomic E-state index is 0.0206. The summed E-state index contributed by atoms with van der Waals surface area (Å²) in [4.78, 5) is 25.9. The van der Waals surface area contributed by atoms with E-state index in [9.17, 15) is 4.79 Å². The first-order valence-corrected chi connectivity index (χ1v) is 8.87. The first-order chi connectivity index (χ1) is 11.3. The number of hydrogen-bond donors (Lipinski definition) is 1. The molecule has 6 nitrogen and oxygen atoms in total. The minimum Gasteiger partial charge on any atom is -0.378 e. The number of nitrogens with zero attached hydrogens (tertiary/aromatic N) is 3. The summed E-state index contributed by atoms with van der Waals surface area (Å²) in [5.74, 6) is 0.690. The molecule has 0 bridgehead atoms. The first-order valence-electron chi connectivity index (χ1n) is 7.99. The number of morpholine rings is 1. The van der Waals surface area contributed by atoms with Crippen LogP contribution >= 0.6 is 11.3 Å². The third kappa shape index (κ3) is 3.17. The maximum Gasteiger partial charge on any atom is 0.255 e. The molecule has 4 heterocycles. The van der Waals surface area contributed by atoms with E-state index >= 15 is 0 Å². The van der Waals surface area contributed by atoms with Crippen molar-refractivity contribution < 1.29 is 4.74 Å². The van der Waals surface area contributed by atoms with Crippen LogP contribution in [-0.2, 0) is 24.2 Å². The Labute approximate surface area is 138 Å². The van der Waals surface area contributed by atoms with Crippen LogP contribution in [0.4, 0.5) is 5.95 Å². The second-order valence-electron chi connectivity index (χ2n) is 5.95. The summed E-state index contributed by atoms with van der Waals surface area (Å²) in [6.07, 6.45) is 0.770. The number of aromatic amines is 1. The van der Waals surface area contributed by atoms with Crippen molar-refractivity contribution in [2.75, 3.05) is 37.7 Å². The largest absolute Gasteiger partial charge is 0.378 e. The third-order valence-electron chi connectivity index (χ3n) is 4.41. The molecule has 1 fully saturated rings. The second-order valence-corrected chi connectivity index (χ2v) is 6.99. The Kier molecular flexibility index (Phi) is 4.15. The third-order valence-corrected chi connectivity index (χ3v) is 5.27. The van der Waals surface area contributed by atoms with E-state index in [1.807, 2.05) is 0 Å². The SMILES string of the molecule is O=c1[nH]c(N2CCOCC2)nc2c1CCN(Cc1cccs1)C2. The average molecular weight is 332 g/mol. The lowest BCUT2D eigenvalue weighted by molar-refractivity contribution is 0.122. The van der Waals surface area contributed by atoms with Crippen LogP contribution in [-0.4, -0.2) is 47.7 Å². The van der Waals surface area contributed by atoms with E-state index in [1.165, 1.54) is 4.88 Å². The molecule has 4 rings (SSSR count). The monoisotopic (exact) mass is 332 g/mol. The lowest BCUT2D eigenvalue weighted by Crippen LogP contribution is -2.40. The Bertz CT molecular complexity index is 722. The van der Waals surface area contributed by atoms with Crippen molar-refractivity contribution in [2.45, 2.75) is 19.5 Å². The van der Waals surface area contributed by atoms with Gasteiger partial charge in [-0.3, -0.25) is 14.7 Å². The van der Waals surface area contributed by atoms with Gasteiger partial charge in [0, 0.05) is 43.2 Å². The Hall–Kier alpha value is -1.70. The van der Waals surface area contributed by atoms with Crippen molar-refractivity contribution in [1.29, 1.82) is 0 Å². The zero-order valence-corrected chi connectivity index (χ0v) is 13.8. The van der Waals surface area contributed by atoms with Crippen LogP contribution in [0, 0.1) is 0 Å². The van der Waals surface area contributed by atoms with Crippen LogP contribution < -0.4 is 10.5 Å². The van der Waals surface area contributed by atoms with Crippen molar-refractivity contribution in [2.24, 2.45) is 0 Å². The molecule has 0 aliphatic carbocycles. The maximum atomic E-state index is 12.4. The van der Waals surface area contributed by atoms with Crippen molar-refractivity contribution >= 4 is 17.3 Å². The standard InChI is InChI=1S/C16H20N4O2S/c21-15-13-3-4-19(10-12-2-1-9-23-12)11-14(13)17-16(18-15)20-5-7-22-8-6-20/h1-2,9H,3-8,10-11H2,(H,17,18,21). The molecule has 0 saturated carbocycles. The number of aromatic nitrogens is 2. The molecular formula is C16H20N4O2S. The van der Waals surface area contributed by atoms with Gasteiger partial charge < -0.3 is 9.64 Å². The van der Waals surface area contributed by atoms with Crippen molar-refractivity contribution in [3.05, 3.63) is 44.0 Å². The summed E-state index contributed by atoms with van der Waals surface area (Å²) >= 11 is 1.77. The van der Waals surface area contributed by atoms with Gasteiger partial charge >= 0.3 is 0 Å². The number of rotatable bonds is 3. The predicted octanol–water partition coefficient (Wildman–Crippen LogP) is 1.23. The highest BCUT2D eigenvalue weighted by molar-refractivity contribution is 7.09. The van der Waals surface area contributed by atoms with E-state index in [-0.39, 0.29) is 5.56 Å². The average Bonchev–Trinajstić information content (AvgIpc) is 3.08. The van der Waals surface area contributed by atoms with Crippen molar-refractivity contribution in [3.8, 4) is 0 Å².